The molecule has 53 valence electrons. The molecule has 0 saturated carbocycles. The average molecular weight is 338 g/mol. The van der Waals surface area contributed by atoms with Crippen LogP contribution in [-0.2, 0) is 31.0 Å². The molecule has 0 spiro atoms. The Kier molecular flexibility index (Phi) is 3.02. The first-order chi connectivity index (χ1) is 5.25. The standard InChI is InChI=1S/C7H5O3.Hg/c8-7(10-9)6-4-2-1-3-5-6;/h1-4,9H;. The van der Waals surface area contributed by atoms with Crippen LogP contribution in [0.3, 0.4) is 0 Å². The fraction of sp³-hybridized carbons (Fsp3) is 0. The Labute approximate surface area is 79.9 Å². The first kappa shape index (κ1) is 8.68. The Balaban J connectivity index is 3.03. The van der Waals surface area contributed by atoms with E-state index in [1.807, 2.05) is 12.1 Å². The second-order valence-corrected chi connectivity index (χ2v) is 5.00. The van der Waals surface area contributed by atoms with E-state index in [0.29, 0.717) is 31.7 Å². The Bertz CT molecular complexity index is 272. The van der Waals surface area contributed by atoms with Crippen LogP contribution in [0.5, 0.6) is 0 Å². The molecule has 0 bridgehead atoms. The third kappa shape index (κ3) is 2.00. The summed E-state index contributed by atoms with van der Waals surface area (Å²) in [6, 6.07) is 7.09. The van der Waals surface area contributed by atoms with Crippen molar-refractivity contribution in [2.75, 3.05) is 0 Å². The van der Waals surface area contributed by atoms with Crippen LogP contribution in [0.25, 0.3) is 0 Å². The molecule has 3 nitrogen and oxygen atoms in total. The van der Waals surface area contributed by atoms with Crippen LogP contribution in [0.15, 0.2) is 24.3 Å². The zero-order chi connectivity index (χ0) is 8.27. The normalized spacial score (nSPS) is 9.36. The van der Waals surface area contributed by atoms with Gasteiger partial charge in [-0.05, 0) is 0 Å². The summed E-state index contributed by atoms with van der Waals surface area (Å²) in [5.74, 6) is -0.671. The van der Waals surface area contributed by atoms with E-state index in [4.69, 9.17) is 5.26 Å². The molecule has 0 aromatic heterocycles. The quantitative estimate of drug-likeness (QED) is 0.461. The summed E-state index contributed by atoms with van der Waals surface area (Å²) in [6.45, 7) is 0. The Morgan fingerprint density at radius 1 is 1.45 bits per heavy atom. The van der Waals surface area contributed by atoms with Gasteiger partial charge >= 0.3 is 79.9 Å². The molecule has 1 aromatic rings. The average Bonchev–Trinajstić information content (AvgIpc) is 2.04. The predicted molar refractivity (Wildman–Crippen MR) is 34.1 cm³/mol. The van der Waals surface area contributed by atoms with E-state index in [1.54, 1.807) is 12.1 Å². The maximum atomic E-state index is 10.8. The summed E-state index contributed by atoms with van der Waals surface area (Å²) in [5.41, 5.74) is 0.471. The first-order valence-electron chi connectivity index (χ1n) is 3.02. The summed E-state index contributed by atoms with van der Waals surface area (Å²) in [4.78, 5) is 14.4. The molecule has 0 aliphatic heterocycles. The van der Waals surface area contributed by atoms with Gasteiger partial charge in [-0.15, -0.1) is 0 Å². The van der Waals surface area contributed by atoms with Crippen LogP contribution < -0.4 is 3.07 Å². The van der Waals surface area contributed by atoms with Gasteiger partial charge in [0.15, 0.2) is 0 Å². The number of carbonyl (C=O) groups excluding carboxylic acids is 1. The Morgan fingerprint density at radius 3 is 2.64 bits per heavy atom. The van der Waals surface area contributed by atoms with E-state index < -0.39 is 5.97 Å². The molecule has 11 heavy (non-hydrogen) atoms. The zero-order valence-electron chi connectivity index (χ0n) is 5.78. The summed E-state index contributed by atoms with van der Waals surface area (Å²) in [7, 11) is 0. The SMILES string of the molecule is O=C(OO)c1cccc[c]1[Hg]. The molecule has 0 aliphatic rings. The fourth-order valence-corrected chi connectivity index (χ4v) is 2.32. The van der Waals surface area contributed by atoms with E-state index in [1.165, 1.54) is 0 Å². The van der Waals surface area contributed by atoms with Crippen LogP contribution in [0.2, 0.25) is 0 Å². The molecule has 1 N–H and O–H groups in total. The Morgan fingerprint density at radius 2 is 2.09 bits per heavy atom. The van der Waals surface area contributed by atoms with Crippen LogP contribution in [0.4, 0.5) is 0 Å². The molecule has 0 saturated heterocycles. The minimum absolute atomic E-state index is 0.364. The second kappa shape index (κ2) is 3.83. The van der Waals surface area contributed by atoms with Crippen molar-refractivity contribution in [2.24, 2.45) is 0 Å². The van der Waals surface area contributed by atoms with Crippen molar-refractivity contribution in [3.63, 3.8) is 0 Å². The topological polar surface area (TPSA) is 46.5 Å². The molecule has 1 aromatic carbocycles. The number of carbonyl (C=O) groups is 1. The first-order valence-corrected chi connectivity index (χ1v) is 5.77. The van der Waals surface area contributed by atoms with E-state index in [-0.39, 0.29) is 0 Å². The van der Waals surface area contributed by atoms with Gasteiger partial charge in [0, 0.05) is 0 Å². The van der Waals surface area contributed by atoms with Gasteiger partial charge < -0.3 is 0 Å². The summed E-state index contributed by atoms with van der Waals surface area (Å²) >= 11 is 0.364. The Hall–Kier alpha value is -0.415. The van der Waals surface area contributed by atoms with Gasteiger partial charge in [0.2, 0.25) is 0 Å². The van der Waals surface area contributed by atoms with Crippen LogP contribution in [0, 0.1) is 0 Å². The predicted octanol–water partition coefficient (Wildman–Crippen LogP) is 0.488. The van der Waals surface area contributed by atoms with Gasteiger partial charge in [-0.2, -0.15) is 0 Å². The summed E-state index contributed by atoms with van der Waals surface area (Å²) in [6.07, 6.45) is 0. The molecule has 0 fully saturated rings. The zero-order valence-corrected chi connectivity index (χ0v) is 11.3. The molecular formula is C7H5HgO3. The molecule has 0 heterocycles. The van der Waals surface area contributed by atoms with Gasteiger partial charge in [-0.25, -0.2) is 0 Å². The maximum absolute atomic E-state index is 10.8. The molecule has 0 unspecified atom stereocenters. The van der Waals surface area contributed by atoms with Crippen LogP contribution in [-0.4, -0.2) is 11.2 Å². The molecule has 0 amide bonds. The van der Waals surface area contributed by atoms with Crippen molar-refractivity contribution in [3.05, 3.63) is 29.8 Å². The molecule has 0 radical (unpaired) electrons. The van der Waals surface area contributed by atoms with E-state index in [9.17, 15) is 4.79 Å². The number of rotatable bonds is 1. The monoisotopic (exact) mass is 339 g/mol. The molecule has 0 atom stereocenters. The van der Waals surface area contributed by atoms with Gasteiger partial charge in [0.25, 0.3) is 0 Å². The van der Waals surface area contributed by atoms with Crippen LogP contribution in [0.1, 0.15) is 10.4 Å². The van der Waals surface area contributed by atoms with Crippen molar-refractivity contribution >= 4 is 9.04 Å². The minimum atomic E-state index is -0.671. The second-order valence-electron chi connectivity index (χ2n) is 2.04. The third-order valence-corrected chi connectivity index (χ3v) is 3.72. The molecular weight excluding hydrogens is 333 g/mol. The number of hydrogen-bond donors (Lipinski definition) is 1. The van der Waals surface area contributed by atoms with Gasteiger partial charge in [-0.3, -0.25) is 0 Å². The van der Waals surface area contributed by atoms with Gasteiger partial charge in [0.05, 0.1) is 0 Å². The van der Waals surface area contributed by atoms with Gasteiger partial charge in [-0.1, -0.05) is 0 Å². The fourth-order valence-electron chi connectivity index (χ4n) is 0.769. The van der Waals surface area contributed by atoms with E-state index in [2.05, 4.69) is 4.89 Å². The third-order valence-electron chi connectivity index (χ3n) is 1.32. The van der Waals surface area contributed by atoms with E-state index in [0.717, 1.165) is 3.07 Å². The number of benzene rings is 1. The van der Waals surface area contributed by atoms with Crippen molar-refractivity contribution in [1.82, 2.24) is 0 Å². The van der Waals surface area contributed by atoms with Crippen LogP contribution >= 0.6 is 0 Å². The molecule has 1 rings (SSSR count). The van der Waals surface area contributed by atoms with Gasteiger partial charge in [0.1, 0.15) is 0 Å². The molecule has 0 aliphatic carbocycles. The molecule has 4 heteroatoms. The number of hydrogen-bond acceptors (Lipinski definition) is 3. The van der Waals surface area contributed by atoms with Crippen molar-refractivity contribution in [2.45, 2.75) is 0 Å². The van der Waals surface area contributed by atoms with E-state index >= 15 is 0 Å². The van der Waals surface area contributed by atoms with Crippen molar-refractivity contribution < 1.29 is 41.1 Å². The summed E-state index contributed by atoms with van der Waals surface area (Å²) in [5, 5.41) is 8.08. The van der Waals surface area contributed by atoms with Crippen molar-refractivity contribution in [1.29, 1.82) is 0 Å². The van der Waals surface area contributed by atoms with Crippen molar-refractivity contribution in [3.8, 4) is 0 Å². The summed E-state index contributed by atoms with van der Waals surface area (Å²) < 4.78 is 0.978.